The molecule has 2 aliphatic rings. The van der Waals surface area contributed by atoms with Gasteiger partial charge in [0.25, 0.3) is 5.91 Å². The number of carbonyl (C=O) groups excluding carboxylic acids is 1. The maximum absolute atomic E-state index is 12.2. The highest BCUT2D eigenvalue weighted by molar-refractivity contribution is 7.93. The summed E-state index contributed by atoms with van der Waals surface area (Å²) in [6.45, 7) is 1.07. The van der Waals surface area contributed by atoms with E-state index >= 15 is 0 Å². The van der Waals surface area contributed by atoms with E-state index in [1.807, 2.05) is 0 Å². The molecule has 3 rings (SSSR count). The number of hydroxylamine groups is 1. The summed E-state index contributed by atoms with van der Waals surface area (Å²) in [4.78, 5) is 17.4. The number of benzene rings is 1. The van der Waals surface area contributed by atoms with Crippen LogP contribution in [0.2, 0.25) is 0 Å². The highest BCUT2D eigenvalue weighted by Gasteiger charge is 2.28. The van der Waals surface area contributed by atoms with Gasteiger partial charge < -0.3 is 4.74 Å². The Hall–Kier alpha value is -1.64. The minimum atomic E-state index is -3.26. The largest absolute Gasteiger partial charge is 0.350 e. The first-order valence-corrected chi connectivity index (χ1v) is 9.35. The molecule has 2 aliphatic heterocycles. The van der Waals surface area contributed by atoms with Crippen molar-refractivity contribution in [3.05, 3.63) is 29.8 Å². The van der Waals surface area contributed by atoms with E-state index < -0.39 is 22.2 Å². The van der Waals surface area contributed by atoms with Crippen LogP contribution >= 0.6 is 0 Å². The van der Waals surface area contributed by atoms with Gasteiger partial charge in [0.15, 0.2) is 6.29 Å². The fourth-order valence-corrected chi connectivity index (χ4v) is 4.27. The van der Waals surface area contributed by atoms with Crippen molar-refractivity contribution in [1.29, 1.82) is 0 Å². The average molecular weight is 340 g/mol. The molecule has 1 atom stereocenters. The van der Waals surface area contributed by atoms with Crippen molar-refractivity contribution >= 4 is 21.6 Å². The molecule has 2 heterocycles. The molecule has 1 aromatic carbocycles. The second-order valence-electron chi connectivity index (χ2n) is 5.64. The zero-order chi connectivity index (χ0) is 16.3. The summed E-state index contributed by atoms with van der Waals surface area (Å²) < 4.78 is 30.6. The molecule has 2 fully saturated rings. The number of anilines is 1. The van der Waals surface area contributed by atoms with Crippen LogP contribution in [0.3, 0.4) is 0 Å². The van der Waals surface area contributed by atoms with Crippen molar-refractivity contribution in [2.24, 2.45) is 0 Å². The molecule has 1 aromatic rings. The van der Waals surface area contributed by atoms with Gasteiger partial charge in [-0.2, -0.15) is 0 Å². The van der Waals surface area contributed by atoms with Gasteiger partial charge in [-0.05, 0) is 37.5 Å². The summed E-state index contributed by atoms with van der Waals surface area (Å²) in [5.41, 5.74) is 3.23. The lowest BCUT2D eigenvalue weighted by atomic mass is 10.2. The van der Waals surface area contributed by atoms with E-state index in [0.717, 1.165) is 19.3 Å². The first-order chi connectivity index (χ1) is 11.1. The lowest BCUT2D eigenvalue weighted by molar-refractivity contribution is -0.186. The Balaban J connectivity index is 1.65. The molecular formula is C15H20N2O5S. The van der Waals surface area contributed by atoms with E-state index in [-0.39, 0.29) is 5.75 Å². The van der Waals surface area contributed by atoms with Crippen molar-refractivity contribution in [1.82, 2.24) is 5.48 Å². The topological polar surface area (TPSA) is 84.9 Å². The number of hydrogen-bond donors (Lipinski definition) is 1. The lowest BCUT2D eigenvalue weighted by Crippen LogP contribution is -2.33. The molecule has 0 aromatic heterocycles. The highest BCUT2D eigenvalue weighted by atomic mass is 32.2. The normalized spacial score (nSPS) is 23.7. The third-order valence-corrected chi connectivity index (χ3v) is 5.79. The van der Waals surface area contributed by atoms with Crippen molar-refractivity contribution in [2.45, 2.75) is 32.0 Å². The Morgan fingerprint density at radius 3 is 2.87 bits per heavy atom. The summed E-state index contributed by atoms with van der Waals surface area (Å²) in [7, 11) is -3.26. The van der Waals surface area contributed by atoms with E-state index in [2.05, 4.69) is 5.48 Å². The summed E-state index contributed by atoms with van der Waals surface area (Å²) in [5, 5.41) is 0. The Morgan fingerprint density at radius 1 is 1.30 bits per heavy atom. The zero-order valence-electron chi connectivity index (χ0n) is 12.7. The number of nitrogens with zero attached hydrogens (tertiary/aromatic N) is 1. The third-order valence-electron chi connectivity index (χ3n) is 3.92. The molecule has 1 amide bonds. The molecule has 23 heavy (non-hydrogen) atoms. The molecule has 8 heteroatoms. The summed E-state index contributed by atoms with van der Waals surface area (Å²) in [6.07, 6.45) is 2.92. The maximum atomic E-state index is 12.2. The number of rotatable bonds is 4. The van der Waals surface area contributed by atoms with Crippen molar-refractivity contribution < 1.29 is 22.8 Å². The predicted octanol–water partition coefficient (Wildman–Crippen LogP) is 1.41. The van der Waals surface area contributed by atoms with Gasteiger partial charge in [0, 0.05) is 25.1 Å². The van der Waals surface area contributed by atoms with Crippen LogP contribution in [0, 0.1) is 0 Å². The monoisotopic (exact) mass is 340 g/mol. The molecule has 2 saturated heterocycles. The van der Waals surface area contributed by atoms with E-state index in [1.165, 1.54) is 4.31 Å². The van der Waals surface area contributed by atoms with Crippen LogP contribution in [0.4, 0.5) is 5.69 Å². The number of amides is 1. The molecule has 126 valence electrons. The molecule has 7 nitrogen and oxygen atoms in total. The zero-order valence-corrected chi connectivity index (χ0v) is 13.5. The SMILES string of the molecule is O=C(NO[C@@H]1CCCCO1)c1cccc(N2CCCS2(=O)=O)c1. The second kappa shape index (κ2) is 6.86. The van der Waals surface area contributed by atoms with Gasteiger partial charge in [-0.1, -0.05) is 6.07 Å². The number of hydrogen-bond acceptors (Lipinski definition) is 5. The van der Waals surface area contributed by atoms with E-state index in [9.17, 15) is 13.2 Å². The number of nitrogens with one attached hydrogen (secondary N) is 1. The quantitative estimate of drug-likeness (QED) is 0.838. The molecule has 0 unspecified atom stereocenters. The first-order valence-electron chi connectivity index (χ1n) is 7.74. The van der Waals surface area contributed by atoms with Crippen LogP contribution in [0.1, 0.15) is 36.0 Å². The molecule has 0 bridgehead atoms. The second-order valence-corrected chi connectivity index (χ2v) is 7.65. The molecule has 1 N–H and O–H groups in total. The van der Waals surface area contributed by atoms with Gasteiger partial charge in [-0.15, -0.1) is 0 Å². The molecule has 0 saturated carbocycles. The summed E-state index contributed by atoms with van der Waals surface area (Å²) in [5.74, 6) is -0.274. The molecule has 0 spiro atoms. The number of carbonyl (C=O) groups is 1. The van der Waals surface area contributed by atoms with Crippen LogP contribution in [0.5, 0.6) is 0 Å². The first kappa shape index (κ1) is 16.2. The Bertz CT molecular complexity index is 670. The standard InChI is InChI=1S/C15H20N2O5S/c18-15(16-22-14-7-1-2-9-21-14)12-5-3-6-13(11-12)17-8-4-10-23(17,19)20/h3,5-6,11,14H,1-2,4,7-10H2,(H,16,18)/t14-/m1/s1. The van der Waals surface area contributed by atoms with Crippen LogP contribution in [-0.4, -0.2) is 39.5 Å². The Kier molecular flexibility index (Phi) is 4.84. The van der Waals surface area contributed by atoms with Crippen LogP contribution < -0.4 is 9.79 Å². The fourth-order valence-electron chi connectivity index (χ4n) is 2.71. The van der Waals surface area contributed by atoms with Gasteiger partial charge >= 0.3 is 0 Å². The predicted molar refractivity (Wildman–Crippen MR) is 84.3 cm³/mol. The van der Waals surface area contributed by atoms with Gasteiger partial charge in [0.05, 0.1) is 11.4 Å². The smallest absolute Gasteiger partial charge is 0.275 e. The minimum absolute atomic E-state index is 0.144. The Morgan fingerprint density at radius 2 is 2.17 bits per heavy atom. The molecular weight excluding hydrogens is 320 g/mol. The van der Waals surface area contributed by atoms with Gasteiger partial charge in [0.2, 0.25) is 10.0 Å². The van der Waals surface area contributed by atoms with Crippen LogP contribution in [0.25, 0.3) is 0 Å². The maximum Gasteiger partial charge on any atom is 0.275 e. The highest BCUT2D eigenvalue weighted by Crippen LogP contribution is 2.24. The van der Waals surface area contributed by atoms with E-state index in [0.29, 0.717) is 30.8 Å². The number of sulfonamides is 1. The van der Waals surface area contributed by atoms with Gasteiger partial charge in [-0.3, -0.25) is 9.10 Å². The fraction of sp³-hybridized carbons (Fsp3) is 0.533. The average Bonchev–Trinajstić information content (AvgIpc) is 2.93. The number of ether oxygens (including phenoxy) is 1. The van der Waals surface area contributed by atoms with E-state index in [1.54, 1.807) is 24.3 Å². The summed E-state index contributed by atoms with van der Waals surface area (Å²) in [6, 6.07) is 6.52. The molecule has 0 aliphatic carbocycles. The summed E-state index contributed by atoms with van der Waals surface area (Å²) >= 11 is 0. The van der Waals surface area contributed by atoms with Crippen molar-refractivity contribution in [3.63, 3.8) is 0 Å². The van der Waals surface area contributed by atoms with Crippen LogP contribution in [0.15, 0.2) is 24.3 Å². The van der Waals surface area contributed by atoms with Gasteiger partial charge in [-0.25, -0.2) is 18.7 Å². The van der Waals surface area contributed by atoms with Gasteiger partial charge in [0.1, 0.15) is 0 Å². The minimum Gasteiger partial charge on any atom is -0.350 e. The Labute approximate surface area is 135 Å². The van der Waals surface area contributed by atoms with Crippen molar-refractivity contribution in [3.8, 4) is 0 Å². The van der Waals surface area contributed by atoms with Crippen LogP contribution in [-0.2, 0) is 19.6 Å². The lowest BCUT2D eigenvalue weighted by Gasteiger charge is -2.22. The van der Waals surface area contributed by atoms with E-state index in [4.69, 9.17) is 9.57 Å². The van der Waals surface area contributed by atoms with Crippen molar-refractivity contribution in [2.75, 3.05) is 23.2 Å². The third kappa shape index (κ3) is 3.82. The molecule has 0 radical (unpaired) electrons.